The average molecular weight is 238 g/mol. The minimum absolute atomic E-state index is 0. The zero-order valence-electron chi connectivity index (χ0n) is 8.06. The summed E-state index contributed by atoms with van der Waals surface area (Å²) in [4.78, 5) is 0. The molecule has 1 aliphatic rings. The lowest BCUT2D eigenvalue weighted by Crippen LogP contribution is -2.29. The van der Waals surface area contributed by atoms with E-state index in [1.54, 1.807) is 0 Å². The van der Waals surface area contributed by atoms with E-state index >= 15 is 0 Å². The minimum Gasteiger partial charge on any atom is -0.317 e. The second-order valence-corrected chi connectivity index (χ2v) is 3.42. The first kappa shape index (κ1) is 13.8. The quantitative estimate of drug-likeness (QED) is 0.850. The molecule has 0 radical (unpaired) electrons. The number of hydrogen-bond donors (Lipinski definition) is 1. The molecule has 5 heteroatoms. The van der Waals surface area contributed by atoms with Gasteiger partial charge in [0.1, 0.15) is 0 Å². The van der Waals surface area contributed by atoms with E-state index < -0.39 is 0 Å². The van der Waals surface area contributed by atoms with Gasteiger partial charge in [0, 0.05) is 18.9 Å². The van der Waals surface area contributed by atoms with Crippen molar-refractivity contribution in [3.8, 4) is 0 Å². The van der Waals surface area contributed by atoms with Crippen LogP contribution in [0, 0.1) is 5.92 Å². The molecule has 1 aromatic rings. The summed E-state index contributed by atoms with van der Waals surface area (Å²) in [5, 5.41) is 7.57. The van der Waals surface area contributed by atoms with Crippen molar-refractivity contribution in [1.29, 1.82) is 0 Å². The van der Waals surface area contributed by atoms with Crippen molar-refractivity contribution in [2.45, 2.75) is 19.4 Å². The van der Waals surface area contributed by atoms with Gasteiger partial charge >= 0.3 is 0 Å². The normalized spacial score (nSPS) is 16.9. The molecular formula is C9H17Cl2N3. The molecule has 0 unspecified atom stereocenters. The van der Waals surface area contributed by atoms with Crippen LogP contribution in [0.4, 0.5) is 0 Å². The highest BCUT2D eigenvalue weighted by Crippen LogP contribution is 2.13. The predicted octanol–water partition coefficient (Wildman–Crippen LogP) is 1.73. The van der Waals surface area contributed by atoms with Crippen LogP contribution in [0.25, 0.3) is 0 Å². The van der Waals surface area contributed by atoms with E-state index in [0.717, 1.165) is 12.5 Å². The number of aromatic nitrogens is 2. The maximum Gasteiger partial charge on any atom is 0.0489 e. The standard InChI is InChI=1S/C9H15N3.2ClH/c1-4-11-12(7-1)8-9-2-5-10-6-3-9;;/h1,4,7,9-10H,2-3,5-6,8H2;2*1H. The van der Waals surface area contributed by atoms with E-state index in [2.05, 4.69) is 10.4 Å². The molecule has 0 atom stereocenters. The van der Waals surface area contributed by atoms with Gasteiger partial charge in [0.25, 0.3) is 0 Å². The third kappa shape index (κ3) is 3.86. The monoisotopic (exact) mass is 237 g/mol. The molecule has 0 aliphatic carbocycles. The van der Waals surface area contributed by atoms with Crippen LogP contribution in [-0.4, -0.2) is 22.9 Å². The van der Waals surface area contributed by atoms with Gasteiger partial charge in [-0.3, -0.25) is 4.68 Å². The molecule has 3 nitrogen and oxygen atoms in total. The van der Waals surface area contributed by atoms with Crippen LogP contribution in [0.1, 0.15) is 12.8 Å². The van der Waals surface area contributed by atoms with Gasteiger partial charge in [-0.1, -0.05) is 0 Å². The molecule has 0 bridgehead atoms. The van der Waals surface area contributed by atoms with E-state index in [1.807, 2.05) is 23.1 Å². The first-order valence-corrected chi connectivity index (χ1v) is 4.63. The van der Waals surface area contributed by atoms with Crippen molar-refractivity contribution < 1.29 is 0 Å². The molecule has 2 heterocycles. The van der Waals surface area contributed by atoms with Crippen LogP contribution in [0.5, 0.6) is 0 Å². The Morgan fingerprint density at radius 1 is 1.29 bits per heavy atom. The molecule has 2 rings (SSSR count). The van der Waals surface area contributed by atoms with Crippen LogP contribution in [-0.2, 0) is 6.54 Å². The van der Waals surface area contributed by atoms with Gasteiger partial charge in [-0.15, -0.1) is 24.8 Å². The van der Waals surface area contributed by atoms with Crippen LogP contribution in [0.15, 0.2) is 18.5 Å². The molecule has 0 amide bonds. The molecule has 1 fully saturated rings. The fourth-order valence-electron chi connectivity index (χ4n) is 1.74. The van der Waals surface area contributed by atoms with Gasteiger partial charge in [-0.05, 0) is 37.9 Å². The number of halogens is 2. The lowest BCUT2D eigenvalue weighted by Gasteiger charge is -2.22. The molecule has 1 N–H and O–H groups in total. The van der Waals surface area contributed by atoms with Gasteiger partial charge < -0.3 is 5.32 Å². The lowest BCUT2D eigenvalue weighted by atomic mass is 9.98. The fourth-order valence-corrected chi connectivity index (χ4v) is 1.74. The molecule has 0 saturated carbocycles. The van der Waals surface area contributed by atoms with Gasteiger partial charge in [-0.25, -0.2) is 0 Å². The molecule has 82 valence electrons. The summed E-state index contributed by atoms with van der Waals surface area (Å²) in [7, 11) is 0. The van der Waals surface area contributed by atoms with Gasteiger partial charge in [-0.2, -0.15) is 5.10 Å². The van der Waals surface area contributed by atoms with Gasteiger partial charge in [0.05, 0.1) is 0 Å². The SMILES string of the molecule is Cl.Cl.c1cnn(CC2CCNCC2)c1. The Morgan fingerprint density at radius 3 is 2.57 bits per heavy atom. The Kier molecular flexibility index (Phi) is 6.97. The molecule has 0 spiro atoms. The minimum atomic E-state index is 0. The van der Waals surface area contributed by atoms with E-state index in [9.17, 15) is 0 Å². The fraction of sp³-hybridized carbons (Fsp3) is 0.667. The van der Waals surface area contributed by atoms with E-state index in [4.69, 9.17) is 0 Å². The van der Waals surface area contributed by atoms with E-state index in [1.165, 1.54) is 25.9 Å². The Labute approximate surface area is 97.1 Å². The summed E-state index contributed by atoms with van der Waals surface area (Å²) < 4.78 is 2.04. The smallest absolute Gasteiger partial charge is 0.0489 e. The second kappa shape index (κ2) is 7.10. The Bertz CT molecular complexity index is 220. The zero-order chi connectivity index (χ0) is 8.23. The summed E-state index contributed by atoms with van der Waals surface area (Å²) in [6, 6.07) is 1.99. The molecule has 14 heavy (non-hydrogen) atoms. The third-order valence-corrected chi connectivity index (χ3v) is 2.46. The average Bonchev–Trinajstić information content (AvgIpc) is 2.59. The maximum absolute atomic E-state index is 4.21. The zero-order valence-corrected chi connectivity index (χ0v) is 9.69. The maximum atomic E-state index is 4.21. The lowest BCUT2D eigenvalue weighted by molar-refractivity contribution is 0.321. The topological polar surface area (TPSA) is 29.9 Å². The van der Waals surface area contributed by atoms with Crippen LogP contribution in [0.2, 0.25) is 0 Å². The predicted molar refractivity (Wildman–Crippen MR) is 62.3 cm³/mol. The molecular weight excluding hydrogens is 221 g/mol. The van der Waals surface area contributed by atoms with E-state index in [-0.39, 0.29) is 24.8 Å². The largest absolute Gasteiger partial charge is 0.317 e. The number of hydrogen-bond acceptors (Lipinski definition) is 2. The summed E-state index contributed by atoms with van der Waals surface area (Å²) >= 11 is 0. The highest BCUT2D eigenvalue weighted by Gasteiger charge is 2.12. The van der Waals surface area contributed by atoms with Crippen LogP contribution >= 0.6 is 24.8 Å². The van der Waals surface area contributed by atoms with Crippen molar-refractivity contribution >= 4 is 24.8 Å². The highest BCUT2D eigenvalue weighted by atomic mass is 35.5. The highest BCUT2D eigenvalue weighted by molar-refractivity contribution is 5.85. The van der Waals surface area contributed by atoms with Crippen LogP contribution < -0.4 is 5.32 Å². The van der Waals surface area contributed by atoms with Crippen molar-refractivity contribution in [3.05, 3.63) is 18.5 Å². The first-order chi connectivity index (χ1) is 5.95. The molecule has 1 aliphatic heterocycles. The number of rotatable bonds is 2. The van der Waals surface area contributed by atoms with Crippen molar-refractivity contribution in [2.75, 3.05) is 13.1 Å². The van der Waals surface area contributed by atoms with E-state index in [0.29, 0.717) is 0 Å². The summed E-state index contributed by atoms with van der Waals surface area (Å²) in [6.07, 6.45) is 6.48. The Morgan fingerprint density at radius 2 is 2.00 bits per heavy atom. The number of nitrogens with zero attached hydrogens (tertiary/aromatic N) is 2. The summed E-state index contributed by atoms with van der Waals surface area (Å²) in [6.45, 7) is 3.44. The third-order valence-electron chi connectivity index (χ3n) is 2.46. The van der Waals surface area contributed by atoms with Crippen molar-refractivity contribution in [3.63, 3.8) is 0 Å². The van der Waals surface area contributed by atoms with Crippen molar-refractivity contribution in [1.82, 2.24) is 15.1 Å². The van der Waals surface area contributed by atoms with Gasteiger partial charge in [0.2, 0.25) is 0 Å². The molecule has 1 saturated heterocycles. The van der Waals surface area contributed by atoms with Crippen LogP contribution in [0.3, 0.4) is 0 Å². The Balaban J connectivity index is 0.000000845. The molecule has 1 aromatic heterocycles. The van der Waals surface area contributed by atoms with Gasteiger partial charge in [0.15, 0.2) is 0 Å². The summed E-state index contributed by atoms with van der Waals surface area (Å²) in [5.74, 6) is 0.825. The summed E-state index contributed by atoms with van der Waals surface area (Å²) in [5.41, 5.74) is 0. The number of piperidine rings is 1. The number of nitrogens with one attached hydrogen (secondary N) is 1. The van der Waals surface area contributed by atoms with Crippen molar-refractivity contribution in [2.24, 2.45) is 5.92 Å². The first-order valence-electron chi connectivity index (χ1n) is 4.63. The Hall–Kier alpha value is -0.250. The second-order valence-electron chi connectivity index (χ2n) is 3.42. The molecule has 0 aromatic carbocycles.